The Hall–Kier alpha value is -2.87. The molecule has 2 heteroatoms. The van der Waals surface area contributed by atoms with Gasteiger partial charge in [-0.2, -0.15) is 4.73 Å². The van der Waals surface area contributed by atoms with E-state index in [9.17, 15) is 5.21 Å². The fourth-order valence-corrected chi connectivity index (χ4v) is 2.91. The highest BCUT2D eigenvalue weighted by Crippen LogP contribution is 2.32. The van der Waals surface area contributed by atoms with Crippen LogP contribution in [0.25, 0.3) is 32.8 Å². The molecule has 1 aromatic heterocycles. The normalized spacial score (nSPS) is 11.0. The average molecular weight is 271 g/mol. The predicted octanol–water partition coefficient (Wildman–Crippen LogP) is 4.29. The minimum absolute atomic E-state index is 0.731. The third kappa shape index (κ3) is 1.84. The van der Waals surface area contributed by atoms with Crippen LogP contribution in [0.4, 0.5) is 0 Å². The Morgan fingerprint density at radius 3 is 2.29 bits per heavy atom. The fourth-order valence-electron chi connectivity index (χ4n) is 2.91. The summed E-state index contributed by atoms with van der Waals surface area (Å²) in [6, 6.07) is 24.2. The van der Waals surface area contributed by atoms with Crippen LogP contribution in [0.3, 0.4) is 0 Å². The van der Waals surface area contributed by atoms with Crippen LogP contribution in [0.2, 0.25) is 0 Å². The molecule has 0 saturated heterocycles. The molecule has 100 valence electrons. The lowest BCUT2D eigenvalue weighted by molar-refractivity contribution is -0.576. The smallest absolute Gasteiger partial charge is 0.232 e. The van der Waals surface area contributed by atoms with E-state index in [4.69, 9.17) is 0 Å². The Balaban J connectivity index is 2.22. The Labute approximate surface area is 122 Å². The summed E-state index contributed by atoms with van der Waals surface area (Å²) in [5.74, 6) is 0. The molecule has 0 spiro atoms. The molecular formula is C19H13NO. The van der Waals surface area contributed by atoms with Gasteiger partial charge < -0.3 is 5.21 Å². The van der Waals surface area contributed by atoms with Gasteiger partial charge in [0, 0.05) is 11.5 Å². The van der Waals surface area contributed by atoms with Crippen molar-refractivity contribution >= 4 is 21.7 Å². The number of hydrogen-bond donors (Lipinski definition) is 0. The van der Waals surface area contributed by atoms with Crippen molar-refractivity contribution in [2.45, 2.75) is 0 Å². The summed E-state index contributed by atoms with van der Waals surface area (Å²) in [7, 11) is 0. The molecule has 0 aliphatic rings. The second-order valence-electron chi connectivity index (χ2n) is 5.11. The third-order valence-corrected chi connectivity index (χ3v) is 3.85. The van der Waals surface area contributed by atoms with E-state index < -0.39 is 0 Å². The number of rotatable bonds is 1. The van der Waals surface area contributed by atoms with Crippen LogP contribution in [0.15, 0.2) is 79.0 Å². The maximum atomic E-state index is 12.3. The number of aromatic nitrogens is 1. The van der Waals surface area contributed by atoms with Crippen LogP contribution in [0.5, 0.6) is 0 Å². The van der Waals surface area contributed by atoms with Crippen molar-refractivity contribution in [3.05, 3.63) is 84.2 Å². The van der Waals surface area contributed by atoms with Crippen molar-refractivity contribution in [1.29, 1.82) is 0 Å². The lowest BCUT2D eigenvalue weighted by atomic mass is 9.96. The molecule has 0 saturated carbocycles. The molecule has 0 radical (unpaired) electrons. The number of fused-ring (bicyclic) bond motifs is 3. The van der Waals surface area contributed by atoms with Gasteiger partial charge in [-0.25, -0.2) is 0 Å². The molecule has 0 bridgehead atoms. The molecule has 3 aromatic carbocycles. The van der Waals surface area contributed by atoms with Gasteiger partial charge in [0.25, 0.3) is 0 Å². The average Bonchev–Trinajstić information content (AvgIpc) is 2.55. The summed E-state index contributed by atoms with van der Waals surface area (Å²) < 4.78 is 0.962. The SMILES string of the molecule is [O-][n+]1cccc2ccc3cccc(-c4ccccc4)c3c21. The molecule has 0 N–H and O–H groups in total. The molecule has 21 heavy (non-hydrogen) atoms. The number of hydrogen-bond acceptors (Lipinski definition) is 1. The number of benzene rings is 3. The molecule has 0 atom stereocenters. The maximum Gasteiger partial charge on any atom is 0.232 e. The summed E-state index contributed by atoms with van der Waals surface area (Å²) in [4.78, 5) is 0. The minimum atomic E-state index is 0.731. The predicted molar refractivity (Wildman–Crippen MR) is 85.9 cm³/mol. The van der Waals surface area contributed by atoms with E-state index in [0.717, 1.165) is 37.5 Å². The van der Waals surface area contributed by atoms with E-state index in [1.54, 1.807) is 12.3 Å². The van der Waals surface area contributed by atoms with Crippen LogP contribution in [0, 0.1) is 5.21 Å². The van der Waals surface area contributed by atoms with Crippen LogP contribution >= 0.6 is 0 Å². The van der Waals surface area contributed by atoms with E-state index >= 15 is 0 Å². The second kappa shape index (κ2) is 4.60. The van der Waals surface area contributed by atoms with Gasteiger partial charge in [-0.3, -0.25) is 0 Å². The quantitative estimate of drug-likeness (QED) is 0.288. The topological polar surface area (TPSA) is 26.9 Å². The second-order valence-corrected chi connectivity index (χ2v) is 5.11. The third-order valence-electron chi connectivity index (χ3n) is 3.85. The van der Waals surface area contributed by atoms with Gasteiger partial charge in [-0.1, -0.05) is 54.6 Å². The highest BCUT2D eigenvalue weighted by molar-refractivity contribution is 6.11. The number of nitrogens with zero attached hydrogens (tertiary/aromatic N) is 1. The molecule has 0 unspecified atom stereocenters. The summed E-state index contributed by atoms with van der Waals surface area (Å²) in [5, 5.41) is 15.3. The highest BCUT2D eigenvalue weighted by Gasteiger charge is 2.13. The zero-order valence-electron chi connectivity index (χ0n) is 11.4. The standard InChI is InChI=1S/C19H13NO/c21-20-13-5-9-16-12-11-15-8-4-10-17(18(15)19(16)20)14-6-2-1-3-7-14/h1-13H. The first-order chi connectivity index (χ1) is 10.3. The first-order valence-electron chi connectivity index (χ1n) is 6.94. The minimum Gasteiger partial charge on any atom is -0.618 e. The highest BCUT2D eigenvalue weighted by atomic mass is 16.5. The molecule has 0 amide bonds. The van der Waals surface area contributed by atoms with Crippen molar-refractivity contribution in [2.75, 3.05) is 0 Å². The first-order valence-corrected chi connectivity index (χ1v) is 6.94. The van der Waals surface area contributed by atoms with E-state index in [2.05, 4.69) is 24.3 Å². The van der Waals surface area contributed by atoms with E-state index in [1.165, 1.54) is 0 Å². The van der Waals surface area contributed by atoms with Gasteiger partial charge in [0.15, 0.2) is 6.20 Å². The Morgan fingerprint density at radius 2 is 1.43 bits per heavy atom. The Morgan fingerprint density at radius 1 is 0.667 bits per heavy atom. The molecule has 1 heterocycles. The van der Waals surface area contributed by atoms with E-state index in [1.807, 2.05) is 42.5 Å². The van der Waals surface area contributed by atoms with Crippen LogP contribution < -0.4 is 4.73 Å². The van der Waals surface area contributed by atoms with Crippen molar-refractivity contribution in [1.82, 2.24) is 0 Å². The van der Waals surface area contributed by atoms with Gasteiger partial charge in [0.05, 0.1) is 5.39 Å². The monoisotopic (exact) mass is 271 g/mol. The lowest BCUT2D eigenvalue weighted by Gasteiger charge is -2.10. The summed E-state index contributed by atoms with van der Waals surface area (Å²) in [6.45, 7) is 0. The van der Waals surface area contributed by atoms with Gasteiger partial charge in [0.2, 0.25) is 5.52 Å². The molecular weight excluding hydrogens is 258 g/mol. The van der Waals surface area contributed by atoms with E-state index in [-0.39, 0.29) is 0 Å². The molecule has 4 rings (SSSR count). The summed E-state index contributed by atoms with van der Waals surface area (Å²) in [5.41, 5.74) is 2.95. The first kappa shape index (κ1) is 11.9. The van der Waals surface area contributed by atoms with Crippen molar-refractivity contribution in [3.63, 3.8) is 0 Å². The molecule has 0 aliphatic heterocycles. The van der Waals surface area contributed by atoms with E-state index in [0.29, 0.717) is 0 Å². The zero-order chi connectivity index (χ0) is 14.2. The Bertz CT molecular complexity index is 945. The van der Waals surface area contributed by atoms with Crippen molar-refractivity contribution < 1.29 is 4.73 Å². The molecule has 4 aromatic rings. The van der Waals surface area contributed by atoms with Crippen LogP contribution in [0.1, 0.15) is 0 Å². The van der Waals surface area contributed by atoms with Gasteiger partial charge in [0.1, 0.15) is 0 Å². The van der Waals surface area contributed by atoms with Crippen molar-refractivity contribution in [2.24, 2.45) is 0 Å². The van der Waals surface area contributed by atoms with Crippen molar-refractivity contribution in [3.8, 4) is 11.1 Å². The molecule has 0 fully saturated rings. The molecule has 0 aliphatic carbocycles. The largest absolute Gasteiger partial charge is 0.618 e. The maximum absolute atomic E-state index is 12.3. The lowest BCUT2D eigenvalue weighted by Crippen LogP contribution is -2.26. The molecule has 2 nitrogen and oxygen atoms in total. The Kier molecular flexibility index (Phi) is 2.61. The van der Waals surface area contributed by atoms with Crippen LogP contribution in [-0.2, 0) is 0 Å². The summed E-state index contributed by atoms with van der Waals surface area (Å²) in [6.07, 6.45) is 1.56. The zero-order valence-corrected chi connectivity index (χ0v) is 11.4. The number of pyridine rings is 1. The van der Waals surface area contributed by atoms with Gasteiger partial charge in [-0.05, 0) is 28.6 Å². The fraction of sp³-hybridized carbons (Fsp3) is 0. The van der Waals surface area contributed by atoms with Gasteiger partial charge in [-0.15, -0.1) is 0 Å². The van der Waals surface area contributed by atoms with Gasteiger partial charge >= 0.3 is 0 Å². The van der Waals surface area contributed by atoms with Crippen LogP contribution in [-0.4, -0.2) is 0 Å². The summed E-state index contributed by atoms with van der Waals surface area (Å²) >= 11 is 0.